The first kappa shape index (κ1) is 64.3. The van der Waals surface area contributed by atoms with E-state index < -0.39 is 195 Å². The lowest BCUT2D eigenvalue weighted by molar-refractivity contribution is -0.661. The molecule has 1 heterocycles. The zero-order chi connectivity index (χ0) is 64.3. The Labute approximate surface area is 473 Å². The molecule has 0 N–H and O–H groups in total. The molecule has 0 radical (unpaired) electrons. The molecule has 0 atom stereocenters. The highest BCUT2D eigenvalue weighted by Crippen LogP contribution is 2.42. The van der Waals surface area contributed by atoms with Gasteiger partial charge in [0.1, 0.15) is 11.9 Å². The van der Waals surface area contributed by atoms with Crippen LogP contribution in [-0.2, 0) is 56.0 Å². The van der Waals surface area contributed by atoms with E-state index in [-0.39, 0.29) is 12.3 Å². The maximum atomic E-state index is 14.2. The fraction of sp³-hybridized carbons (Fsp3) is 0.153. The minimum atomic E-state index is -6.13. The van der Waals surface area contributed by atoms with Gasteiger partial charge in [-0.2, -0.15) is 132 Å². The molecular weight excluding hydrogens is 1220 g/mol. The summed E-state index contributed by atoms with van der Waals surface area (Å²) in [5.74, 6) is 1.42. The number of nitrogens with zero attached hydrogens (tertiary/aromatic N) is 1. The normalized spacial score (nSPS) is 13.1. The van der Waals surface area contributed by atoms with Crippen molar-refractivity contribution < 1.29 is 119 Å². The third kappa shape index (κ3) is 14.3. The molecule has 1 aromatic heterocycles. The minimum Gasteiger partial charge on any atom is -0.405 e. The summed E-state index contributed by atoms with van der Waals surface area (Å²) in [4.78, 5) is 13.0. The van der Waals surface area contributed by atoms with Gasteiger partial charge in [0.25, 0.3) is 0 Å². The number of ketones is 1. The Hall–Kier alpha value is -8.72. The summed E-state index contributed by atoms with van der Waals surface area (Å²) in [5, 5.41) is 3.34. The molecule has 456 valence electrons. The van der Waals surface area contributed by atoms with E-state index in [2.05, 4.69) is 12.1 Å². The predicted molar refractivity (Wildman–Crippen MR) is 269 cm³/mol. The Balaban J connectivity index is 0.000000271. The van der Waals surface area contributed by atoms with Gasteiger partial charge < -0.3 is 4.74 Å². The van der Waals surface area contributed by atoms with E-state index in [1.54, 1.807) is 0 Å². The van der Waals surface area contributed by atoms with E-state index in [4.69, 9.17) is 4.74 Å². The fourth-order valence-corrected chi connectivity index (χ4v) is 9.78. The number of benzene rings is 8. The Kier molecular flexibility index (Phi) is 16.9. The lowest BCUT2D eigenvalue weighted by atomic mass is 9.12. The van der Waals surface area contributed by atoms with E-state index in [1.807, 2.05) is 102 Å². The van der Waals surface area contributed by atoms with Crippen LogP contribution in [0.3, 0.4) is 0 Å². The number of rotatable bonds is 9. The van der Waals surface area contributed by atoms with Crippen molar-refractivity contribution >= 4 is 55.5 Å². The largest absolute Gasteiger partial charge is 0.416 e. The first-order chi connectivity index (χ1) is 40.0. The number of para-hydroxylation sites is 1. The molecule has 0 saturated carbocycles. The van der Waals surface area contributed by atoms with Gasteiger partial charge in [-0.1, -0.05) is 121 Å². The highest BCUT2D eigenvalue weighted by Gasteiger charge is 2.47. The van der Waals surface area contributed by atoms with Gasteiger partial charge in [0.05, 0.1) is 50.6 Å². The smallest absolute Gasteiger partial charge is 0.405 e. The molecule has 0 saturated heterocycles. The van der Waals surface area contributed by atoms with Crippen LogP contribution in [0.4, 0.5) is 105 Å². The Morgan fingerprint density at radius 2 is 0.621 bits per heavy atom. The standard InChI is InChI=1S/C32H12BF24.C27H20NO2/c34-25(35,36)13-1-14(26(37,38)39)6-21(5-13)33(22-7-15(27(40,41)42)2-16(8-22)28(43,44)45,23-9-17(29(46,47)48)3-18(10-23)30(49,50)51)24-11-19(31(52,53)54)4-20(12-24)32(55,56)57;29-26(22-10-2-1-3-11-22)19-28-25-13-7-6-9-21(25)15-17-27(28)30-24-16-14-20-8-4-5-12-23(20)18-24/h1-12H;1-18H,19H2/q-1;+1. The molecule has 0 unspecified atom stereocenters. The van der Waals surface area contributed by atoms with E-state index in [0.29, 0.717) is 11.4 Å². The fourth-order valence-electron chi connectivity index (χ4n) is 9.78. The summed E-state index contributed by atoms with van der Waals surface area (Å²) in [5.41, 5.74) is -28.6. The number of carbonyl (C=O) groups is 1. The summed E-state index contributed by atoms with van der Waals surface area (Å²) >= 11 is 0. The van der Waals surface area contributed by atoms with Gasteiger partial charge in [0, 0.05) is 17.0 Å². The Morgan fingerprint density at radius 1 is 0.322 bits per heavy atom. The number of ether oxygens (including phenoxy) is 1. The lowest BCUT2D eigenvalue weighted by Gasteiger charge is -2.46. The van der Waals surface area contributed by atoms with Crippen molar-refractivity contribution in [1.82, 2.24) is 0 Å². The number of fused-ring (bicyclic) bond motifs is 2. The molecule has 9 aromatic rings. The van der Waals surface area contributed by atoms with Gasteiger partial charge >= 0.3 is 55.3 Å². The molecular formula is C59H32BF24NO2. The molecule has 87 heavy (non-hydrogen) atoms. The van der Waals surface area contributed by atoms with Gasteiger partial charge in [-0.15, -0.1) is 0 Å². The summed E-state index contributed by atoms with van der Waals surface area (Å²) in [6.07, 6.45) is -54.8. The second-order valence-corrected chi connectivity index (χ2v) is 19.4. The van der Waals surface area contributed by atoms with Crippen LogP contribution in [0.2, 0.25) is 0 Å². The van der Waals surface area contributed by atoms with Crippen molar-refractivity contribution in [2.45, 2.75) is 56.0 Å². The van der Waals surface area contributed by atoms with Crippen LogP contribution in [-0.4, -0.2) is 11.9 Å². The summed E-state index contributed by atoms with van der Waals surface area (Å²) < 4.78 is 349. The Bertz CT molecular complexity index is 3590. The number of alkyl halides is 24. The predicted octanol–water partition coefficient (Wildman–Crippen LogP) is 17.2. The van der Waals surface area contributed by atoms with Crippen molar-refractivity contribution in [3.8, 4) is 11.6 Å². The molecule has 0 amide bonds. The average Bonchev–Trinajstić information content (AvgIpc) is 0.717. The third-order valence-corrected chi connectivity index (χ3v) is 13.7. The third-order valence-electron chi connectivity index (χ3n) is 13.7. The average molecular weight is 1250 g/mol. The Morgan fingerprint density at radius 3 is 0.966 bits per heavy atom. The first-order valence-electron chi connectivity index (χ1n) is 24.6. The van der Waals surface area contributed by atoms with E-state index in [1.165, 1.54) is 0 Å². The van der Waals surface area contributed by atoms with Crippen molar-refractivity contribution in [1.29, 1.82) is 0 Å². The van der Waals surface area contributed by atoms with Crippen molar-refractivity contribution in [2.24, 2.45) is 0 Å². The molecule has 0 aliphatic heterocycles. The maximum absolute atomic E-state index is 14.2. The molecule has 9 rings (SSSR count). The highest BCUT2D eigenvalue weighted by molar-refractivity contribution is 7.20. The van der Waals surface area contributed by atoms with Crippen LogP contribution in [0.5, 0.6) is 11.6 Å². The highest BCUT2D eigenvalue weighted by atomic mass is 19.4. The van der Waals surface area contributed by atoms with Crippen LogP contribution in [0.1, 0.15) is 54.9 Å². The molecule has 8 aromatic carbocycles. The van der Waals surface area contributed by atoms with Gasteiger partial charge in [-0.3, -0.25) is 4.79 Å². The van der Waals surface area contributed by atoms with Gasteiger partial charge in [0.15, 0.2) is 0 Å². The topological polar surface area (TPSA) is 30.2 Å². The number of hydrogen-bond donors (Lipinski definition) is 0. The molecule has 0 aliphatic carbocycles. The first-order valence-corrected chi connectivity index (χ1v) is 24.6. The molecule has 0 fully saturated rings. The SMILES string of the molecule is FC(F)(F)c1cc([B-](c2cc(C(F)(F)F)cc(C(F)(F)F)c2)(c2cc(C(F)(F)F)cc(C(F)(F)F)c2)c2cc(C(F)(F)F)cc(C(F)(F)F)c2)cc(C(F)(F)F)c1.O=C(C[n+]1c(Oc2ccc3ccccc3c2)ccc2ccccc21)c1ccccc1. The van der Waals surface area contributed by atoms with Gasteiger partial charge in [0.2, 0.25) is 17.8 Å². The van der Waals surface area contributed by atoms with E-state index in [9.17, 15) is 110 Å². The number of Topliss-reactive ketones (excluding diaryl/α,β-unsaturated/α-hetero) is 1. The van der Waals surface area contributed by atoms with Crippen molar-refractivity contribution in [2.75, 3.05) is 0 Å². The minimum absolute atomic E-state index is 0.0420. The number of aromatic nitrogens is 1. The second-order valence-electron chi connectivity index (χ2n) is 19.4. The van der Waals surface area contributed by atoms with E-state index in [0.717, 1.165) is 27.4 Å². The van der Waals surface area contributed by atoms with Crippen LogP contribution in [0.15, 0.2) is 182 Å². The van der Waals surface area contributed by atoms with Gasteiger partial charge in [-0.25, -0.2) is 0 Å². The number of pyridine rings is 1. The zero-order valence-electron chi connectivity index (χ0n) is 42.9. The molecule has 3 nitrogen and oxygen atoms in total. The monoisotopic (exact) mass is 1250 g/mol. The summed E-state index contributed by atoms with van der Waals surface area (Å²) in [6, 6.07) is 26.7. The summed E-state index contributed by atoms with van der Waals surface area (Å²) in [7, 11) is 0. The number of carbonyl (C=O) groups excluding carboxylic acids is 1. The summed E-state index contributed by atoms with van der Waals surface area (Å²) in [6.45, 7) is 0.203. The van der Waals surface area contributed by atoms with Crippen LogP contribution >= 0.6 is 0 Å². The van der Waals surface area contributed by atoms with E-state index >= 15 is 0 Å². The molecule has 28 heteroatoms. The van der Waals surface area contributed by atoms with Crippen LogP contribution in [0.25, 0.3) is 21.7 Å². The second kappa shape index (κ2) is 22.9. The van der Waals surface area contributed by atoms with Crippen molar-refractivity contribution in [3.63, 3.8) is 0 Å². The zero-order valence-corrected chi connectivity index (χ0v) is 42.9. The van der Waals surface area contributed by atoms with Crippen LogP contribution in [0, 0.1) is 0 Å². The lowest BCUT2D eigenvalue weighted by Crippen LogP contribution is -2.75. The van der Waals surface area contributed by atoms with Crippen LogP contribution < -0.4 is 31.2 Å². The molecule has 0 bridgehead atoms. The maximum Gasteiger partial charge on any atom is 0.416 e. The molecule has 0 aliphatic rings. The quantitative estimate of drug-likeness (QED) is 0.0624. The number of halogens is 24. The number of hydrogen-bond acceptors (Lipinski definition) is 2. The van der Waals surface area contributed by atoms with Gasteiger partial charge in [-0.05, 0) is 59.3 Å². The molecule has 0 spiro atoms. The van der Waals surface area contributed by atoms with Crippen molar-refractivity contribution in [3.05, 3.63) is 232 Å².